The molecule has 0 aliphatic carbocycles. The monoisotopic (exact) mass is 300 g/mol. The molecule has 2 rings (SSSR count). The molecule has 0 saturated carbocycles. The first-order valence-corrected chi connectivity index (χ1v) is 7.06. The first-order valence-electron chi connectivity index (χ1n) is 7.06. The van der Waals surface area contributed by atoms with Crippen LogP contribution in [0.1, 0.15) is 13.8 Å². The lowest BCUT2D eigenvalue weighted by molar-refractivity contribution is 0.242. The van der Waals surface area contributed by atoms with Crippen molar-refractivity contribution in [1.82, 2.24) is 0 Å². The summed E-state index contributed by atoms with van der Waals surface area (Å²) in [6.45, 7) is 3.91. The zero-order valence-electron chi connectivity index (χ0n) is 12.9. The van der Waals surface area contributed by atoms with Crippen LogP contribution in [0.2, 0.25) is 0 Å². The van der Waals surface area contributed by atoms with Crippen LogP contribution in [0.15, 0.2) is 48.5 Å². The van der Waals surface area contributed by atoms with Gasteiger partial charge in [0.25, 0.3) is 0 Å². The van der Waals surface area contributed by atoms with E-state index in [0.717, 1.165) is 0 Å². The van der Waals surface area contributed by atoms with E-state index >= 15 is 0 Å². The summed E-state index contributed by atoms with van der Waals surface area (Å²) in [6.07, 6.45) is 0.0812. The van der Waals surface area contributed by atoms with Crippen molar-refractivity contribution >= 4 is 17.4 Å². The Morgan fingerprint density at radius 1 is 1.05 bits per heavy atom. The predicted molar refractivity (Wildman–Crippen MR) is 87.8 cm³/mol. The van der Waals surface area contributed by atoms with Crippen LogP contribution in [0.3, 0.4) is 0 Å². The summed E-state index contributed by atoms with van der Waals surface area (Å²) < 4.78 is 10.8. The van der Waals surface area contributed by atoms with E-state index in [1.54, 1.807) is 31.4 Å². The summed E-state index contributed by atoms with van der Waals surface area (Å²) in [7, 11) is 1.56. The van der Waals surface area contributed by atoms with E-state index in [4.69, 9.17) is 9.47 Å². The van der Waals surface area contributed by atoms with Crippen molar-refractivity contribution in [2.24, 2.45) is 0 Å². The second-order valence-electron chi connectivity index (χ2n) is 4.97. The third-order valence-corrected chi connectivity index (χ3v) is 2.82. The fourth-order valence-electron chi connectivity index (χ4n) is 1.95. The number of amides is 2. The highest BCUT2D eigenvalue weighted by Crippen LogP contribution is 2.23. The first kappa shape index (κ1) is 15.7. The number of ether oxygens (including phenoxy) is 2. The number of para-hydroxylation sites is 2. The zero-order valence-corrected chi connectivity index (χ0v) is 12.9. The highest BCUT2D eigenvalue weighted by atomic mass is 16.5. The Morgan fingerprint density at radius 2 is 1.82 bits per heavy atom. The lowest BCUT2D eigenvalue weighted by Gasteiger charge is -2.13. The number of benzene rings is 2. The second-order valence-corrected chi connectivity index (χ2v) is 4.97. The van der Waals surface area contributed by atoms with Crippen LogP contribution in [0.5, 0.6) is 11.5 Å². The second kappa shape index (κ2) is 7.36. The highest BCUT2D eigenvalue weighted by Gasteiger charge is 2.07. The molecular weight excluding hydrogens is 280 g/mol. The van der Waals surface area contributed by atoms with Crippen LogP contribution in [0.4, 0.5) is 16.2 Å². The fourth-order valence-corrected chi connectivity index (χ4v) is 1.95. The van der Waals surface area contributed by atoms with E-state index in [2.05, 4.69) is 10.6 Å². The molecular formula is C17H20N2O3. The van der Waals surface area contributed by atoms with Gasteiger partial charge in [0.15, 0.2) is 0 Å². The molecule has 0 unspecified atom stereocenters. The minimum absolute atomic E-state index is 0.0812. The summed E-state index contributed by atoms with van der Waals surface area (Å²) >= 11 is 0. The van der Waals surface area contributed by atoms with Gasteiger partial charge in [0.2, 0.25) is 0 Å². The minimum atomic E-state index is -0.341. The number of rotatable bonds is 5. The standard InChI is InChI=1S/C17H20N2O3/c1-12(2)22-14-8-6-7-13(11-14)18-17(20)19-15-9-4-5-10-16(15)21-3/h4-12H,1-3H3,(H2,18,19,20). The quantitative estimate of drug-likeness (QED) is 0.873. The lowest BCUT2D eigenvalue weighted by Crippen LogP contribution is -2.19. The van der Waals surface area contributed by atoms with E-state index in [9.17, 15) is 4.79 Å². The van der Waals surface area contributed by atoms with Crippen molar-refractivity contribution in [1.29, 1.82) is 0 Å². The van der Waals surface area contributed by atoms with Crippen LogP contribution >= 0.6 is 0 Å². The van der Waals surface area contributed by atoms with E-state index in [1.165, 1.54) is 0 Å². The van der Waals surface area contributed by atoms with Crippen molar-refractivity contribution in [3.8, 4) is 11.5 Å². The number of urea groups is 1. The summed E-state index contributed by atoms with van der Waals surface area (Å²) in [5, 5.41) is 5.52. The zero-order chi connectivity index (χ0) is 15.9. The Kier molecular flexibility index (Phi) is 5.25. The van der Waals surface area contributed by atoms with Crippen molar-refractivity contribution in [2.45, 2.75) is 20.0 Å². The van der Waals surface area contributed by atoms with Gasteiger partial charge < -0.3 is 20.1 Å². The molecule has 116 valence electrons. The van der Waals surface area contributed by atoms with Gasteiger partial charge >= 0.3 is 6.03 Å². The SMILES string of the molecule is COc1ccccc1NC(=O)Nc1cccc(OC(C)C)c1. The van der Waals surface area contributed by atoms with Crippen LogP contribution in [0, 0.1) is 0 Å². The van der Waals surface area contributed by atoms with Gasteiger partial charge in [-0.1, -0.05) is 18.2 Å². The maximum absolute atomic E-state index is 12.1. The van der Waals surface area contributed by atoms with Gasteiger partial charge in [-0.3, -0.25) is 0 Å². The molecule has 0 fully saturated rings. The van der Waals surface area contributed by atoms with E-state index < -0.39 is 0 Å². The molecule has 0 aromatic heterocycles. The summed E-state index contributed by atoms with van der Waals surface area (Å²) in [5.74, 6) is 1.32. The molecule has 2 amide bonds. The third-order valence-electron chi connectivity index (χ3n) is 2.82. The number of hydrogen-bond donors (Lipinski definition) is 2. The molecule has 5 heteroatoms. The molecule has 2 aromatic rings. The Bertz CT molecular complexity index is 641. The predicted octanol–water partition coefficient (Wildman–Crippen LogP) is 4.13. The van der Waals surface area contributed by atoms with Crippen LogP contribution in [-0.4, -0.2) is 19.2 Å². The van der Waals surface area contributed by atoms with Crippen molar-refractivity contribution in [2.75, 3.05) is 17.7 Å². The van der Waals surface area contributed by atoms with Gasteiger partial charge in [-0.25, -0.2) is 4.79 Å². The van der Waals surface area contributed by atoms with Gasteiger partial charge in [0.05, 0.1) is 18.9 Å². The van der Waals surface area contributed by atoms with Gasteiger partial charge in [-0.05, 0) is 38.1 Å². The number of nitrogens with one attached hydrogen (secondary N) is 2. The van der Waals surface area contributed by atoms with E-state index in [-0.39, 0.29) is 12.1 Å². The molecule has 0 radical (unpaired) electrons. The largest absolute Gasteiger partial charge is 0.495 e. The van der Waals surface area contributed by atoms with Crippen molar-refractivity contribution in [3.63, 3.8) is 0 Å². The molecule has 5 nitrogen and oxygen atoms in total. The van der Waals surface area contributed by atoms with Crippen LogP contribution < -0.4 is 20.1 Å². The summed E-state index contributed by atoms with van der Waals surface area (Å²) in [4.78, 5) is 12.1. The average Bonchev–Trinajstić information content (AvgIpc) is 2.47. The number of carbonyl (C=O) groups is 1. The molecule has 2 N–H and O–H groups in total. The summed E-state index contributed by atoms with van der Waals surface area (Å²) in [5.41, 5.74) is 1.27. The smallest absolute Gasteiger partial charge is 0.323 e. The van der Waals surface area contributed by atoms with Gasteiger partial charge in [-0.2, -0.15) is 0 Å². The van der Waals surface area contributed by atoms with Crippen LogP contribution in [0.25, 0.3) is 0 Å². The minimum Gasteiger partial charge on any atom is -0.495 e. The Balaban J connectivity index is 2.03. The lowest BCUT2D eigenvalue weighted by atomic mass is 10.3. The molecule has 22 heavy (non-hydrogen) atoms. The molecule has 0 aliphatic rings. The molecule has 0 atom stereocenters. The maximum atomic E-state index is 12.1. The third kappa shape index (κ3) is 4.41. The Hall–Kier alpha value is -2.69. The van der Waals surface area contributed by atoms with Crippen molar-refractivity contribution in [3.05, 3.63) is 48.5 Å². The van der Waals surface area contributed by atoms with E-state index in [1.807, 2.05) is 38.1 Å². The molecule has 0 heterocycles. The topological polar surface area (TPSA) is 59.6 Å². The van der Waals surface area contributed by atoms with Gasteiger partial charge in [-0.15, -0.1) is 0 Å². The number of carbonyl (C=O) groups excluding carboxylic acids is 1. The Labute approximate surface area is 130 Å². The fraction of sp³-hybridized carbons (Fsp3) is 0.235. The number of hydrogen-bond acceptors (Lipinski definition) is 3. The van der Waals surface area contributed by atoms with E-state index in [0.29, 0.717) is 22.9 Å². The molecule has 0 saturated heterocycles. The first-order chi connectivity index (χ1) is 10.6. The molecule has 0 aliphatic heterocycles. The average molecular weight is 300 g/mol. The van der Waals surface area contributed by atoms with Gasteiger partial charge in [0.1, 0.15) is 11.5 Å². The summed E-state index contributed by atoms with van der Waals surface area (Å²) in [6, 6.07) is 14.1. The van der Waals surface area contributed by atoms with Crippen molar-refractivity contribution < 1.29 is 14.3 Å². The number of anilines is 2. The molecule has 0 spiro atoms. The molecule has 0 bridgehead atoms. The normalized spacial score (nSPS) is 10.2. The maximum Gasteiger partial charge on any atom is 0.323 e. The highest BCUT2D eigenvalue weighted by molar-refractivity contribution is 6.00. The Morgan fingerprint density at radius 3 is 2.55 bits per heavy atom. The van der Waals surface area contributed by atoms with Gasteiger partial charge in [0, 0.05) is 11.8 Å². The molecule has 2 aromatic carbocycles. The number of methoxy groups -OCH3 is 1. The van der Waals surface area contributed by atoms with Crippen LogP contribution in [-0.2, 0) is 0 Å².